The molecule has 0 aliphatic rings. The second-order valence-electron chi connectivity index (χ2n) is 3.73. The molecule has 88 valence electrons. The Kier molecular flexibility index (Phi) is 3.95. The number of halogens is 2. The Balaban J connectivity index is 2.77. The van der Waals surface area contributed by atoms with Gasteiger partial charge in [0.1, 0.15) is 11.6 Å². The maximum atomic E-state index is 13.3. The fourth-order valence-corrected chi connectivity index (χ4v) is 1.27. The van der Waals surface area contributed by atoms with Crippen molar-refractivity contribution in [3.63, 3.8) is 0 Å². The summed E-state index contributed by atoms with van der Waals surface area (Å²) in [6.45, 7) is 1.83. The number of carbonyl (C=O) groups is 1. The van der Waals surface area contributed by atoms with Gasteiger partial charge < -0.3 is 5.73 Å². The maximum Gasteiger partial charge on any atom is 0.234 e. The first-order valence-electron chi connectivity index (χ1n) is 4.85. The van der Waals surface area contributed by atoms with Gasteiger partial charge in [-0.25, -0.2) is 8.78 Å². The van der Waals surface area contributed by atoms with E-state index >= 15 is 0 Å². The minimum atomic E-state index is -0.622. The highest BCUT2D eigenvalue weighted by molar-refractivity contribution is 5.79. The average Bonchev–Trinajstić information content (AvgIpc) is 2.20. The van der Waals surface area contributed by atoms with Crippen LogP contribution in [0.25, 0.3) is 0 Å². The van der Waals surface area contributed by atoms with Crippen molar-refractivity contribution in [2.45, 2.75) is 19.5 Å². The van der Waals surface area contributed by atoms with Gasteiger partial charge in [0, 0.05) is 18.2 Å². The molecule has 1 aromatic carbocycles. The van der Waals surface area contributed by atoms with E-state index in [4.69, 9.17) is 5.73 Å². The molecule has 1 aromatic rings. The molecule has 1 unspecified atom stereocenters. The molecule has 0 aromatic heterocycles. The van der Waals surface area contributed by atoms with E-state index in [1.54, 1.807) is 18.9 Å². The predicted molar refractivity (Wildman–Crippen MR) is 56.5 cm³/mol. The second kappa shape index (κ2) is 5.03. The molecule has 0 heterocycles. The van der Waals surface area contributed by atoms with E-state index in [9.17, 15) is 13.6 Å². The molecule has 5 heteroatoms. The molecule has 0 aliphatic carbocycles. The molecule has 0 saturated heterocycles. The van der Waals surface area contributed by atoms with Crippen LogP contribution in [0.2, 0.25) is 0 Å². The van der Waals surface area contributed by atoms with Gasteiger partial charge in [0.05, 0.1) is 6.04 Å². The van der Waals surface area contributed by atoms with Crippen molar-refractivity contribution in [1.82, 2.24) is 4.90 Å². The fourth-order valence-electron chi connectivity index (χ4n) is 1.27. The number of rotatable bonds is 4. The summed E-state index contributed by atoms with van der Waals surface area (Å²) in [5, 5.41) is 0. The topological polar surface area (TPSA) is 46.3 Å². The quantitative estimate of drug-likeness (QED) is 0.843. The van der Waals surface area contributed by atoms with E-state index in [1.807, 2.05) is 0 Å². The zero-order valence-electron chi connectivity index (χ0n) is 9.21. The van der Waals surface area contributed by atoms with Crippen LogP contribution in [0.3, 0.4) is 0 Å². The van der Waals surface area contributed by atoms with Crippen molar-refractivity contribution in [3.8, 4) is 0 Å². The normalized spacial score (nSPS) is 12.8. The lowest BCUT2D eigenvalue weighted by atomic mass is 10.1. The Morgan fingerprint density at radius 2 is 2.12 bits per heavy atom. The highest BCUT2D eigenvalue weighted by Gasteiger charge is 2.16. The summed E-state index contributed by atoms with van der Waals surface area (Å²) in [5.74, 6) is -1.72. The number of nitrogens with zero attached hydrogens (tertiary/aromatic N) is 1. The standard InChI is InChI=1S/C11H14F2N2O/c1-7(11(14)16)15(2)6-8-3-4-9(12)5-10(8)13/h3-5,7H,6H2,1-2H3,(H2,14,16). The first-order valence-corrected chi connectivity index (χ1v) is 4.85. The number of amides is 1. The lowest BCUT2D eigenvalue weighted by Crippen LogP contribution is -2.39. The third-order valence-corrected chi connectivity index (χ3v) is 2.51. The first kappa shape index (κ1) is 12.6. The Labute approximate surface area is 92.8 Å². The summed E-state index contributed by atoms with van der Waals surface area (Å²) in [6, 6.07) is 2.86. The molecule has 2 N–H and O–H groups in total. The van der Waals surface area contributed by atoms with Crippen LogP contribution in [-0.4, -0.2) is 23.9 Å². The van der Waals surface area contributed by atoms with Crippen molar-refractivity contribution in [3.05, 3.63) is 35.4 Å². The molecule has 0 spiro atoms. The highest BCUT2D eigenvalue weighted by atomic mass is 19.1. The Morgan fingerprint density at radius 1 is 1.50 bits per heavy atom. The summed E-state index contributed by atoms with van der Waals surface area (Å²) in [4.78, 5) is 12.5. The van der Waals surface area contributed by atoms with Gasteiger partial charge in [-0.2, -0.15) is 0 Å². The summed E-state index contributed by atoms with van der Waals surface area (Å²) in [6.07, 6.45) is 0. The van der Waals surface area contributed by atoms with E-state index in [-0.39, 0.29) is 6.54 Å². The van der Waals surface area contributed by atoms with Crippen LogP contribution in [0.4, 0.5) is 8.78 Å². The van der Waals surface area contributed by atoms with Crippen LogP contribution in [-0.2, 0) is 11.3 Å². The molecule has 1 rings (SSSR count). The smallest absolute Gasteiger partial charge is 0.234 e. The lowest BCUT2D eigenvalue weighted by Gasteiger charge is -2.22. The number of carbonyl (C=O) groups excluding carboxylic acids is 1. The highest BCUT2D eigenvalue weighted by Crippen LogP contribution is 2.12. The number of likely N-dealkylation sites (N-methyl/N-ethyl adjacent to an activating group) is 1. The molecule has 3 nitrogen and oxygen atoms in total. The fraction of sp³-hybridized carbons (Fsp3) is 0.364. The van der Waals surface area contributed by atoms with E-state index < -0.39 is 23.6 Å². The number of primary amides is 1. The number of benzene rings is 1. The largest absolute Gasteiger partial charge is 0.368 e. The number of nitrogens with two attached hydrogens (primary N) is 1. The predicted octanol–water partition coefficient (Wildman–Crippen LogP) is 1.27. The van der Waals surface area contributed by atoms with Gasteiger partial charge in [-0.15, -0.1) is 0 Å². The second-order valence-corrected chi connectivity index (χ2v) is 3.73. The van der Waals surface area contributed by atoms with E-state index in [0.717, 1.165) is 6.07 Å². The van der Waals surface area contributed by atoms with Crippen LogP contribution >= 0.6 is 0 Å². The van der Waals surface area contributed by atoms with Crippen LogP contribution in [0.15, 0.2) is 18.2 Å². The summed E-state index contributed by atoms with van der Waals surface area (Å²) >= 11 is 0. The Morgan fingerprint density at radius 3 is 2.62 bits per heavy atom. The molecular formula is C11H14F2N2O. The number of hydrogen-bond donors (Lipinski definition) is 1. The third kappa shape index (κ3) is 3.00. The summed E-state index contributed by atoms with van der Waals surface area (Å²) < 4.78 is 25.9. The van der Waals surface area contributed by atoms with E-state index in [0.29, 0.717) is 5.56 Å². The lowest BCUT2D eigenvalue weighted by molar-refractivity contribution is -0.122. The van der Waals surface area contributed by atoms with E-state index in [1.165, 1.54) is 12.1 Å². The Hall–Kier alpha value is -1.49. The third-order valence-electron chi connectivity index (χ3n) is 2.51. The molecule has 1 amide bonds. The van der Waals surface area contributed by atoms with Gasteiger partial charge >= 0.3 is 0 Å². The Bertz CT molecular complexity index is 396. The van der Waals surface area contributed by atoms with Crippen LogP contribution in [0.5, 0.6) is 0 Å². The van der Waals surface area contributed by atoms with Crippen molar-refractivity contribution < 1.29 is 13.6 Å². The van der Waals surface area contributed by atoms with Gasteiger partial charge in [0.25, 0.3) is 0 Å². The molecule has 16 heavy (non-hydrogen) atoms. The van der Waals surface area contributed by atoms with Crippen LogP contribution in [0, 0.1) is 11.6 Å². The number of hydrogen-bond acceptors (Lipinski definition) is 2. The van der Waals surface area contributed by atoms with Gasteiger partial charge in [0.2, 0.25) is 5.91 Å². The molecule has 0 bridgehead atoms. The molecule has 0 aliphatic heterocycles. The van der Waals surface area contributed by atoms with E-state index in [2.05, 4.69) is 0 Å². The van der Waals surface area contributed by atoms with Crippen molar-refractivity contribution in [2.75, 3.05) is 7.05 Å². The van der Waals surface area contributed by atoms with Crippen molar-refractivity contribution in [1.29, 1.82) is 0 Å². The molecule has 0 radical (unpaired) electrons. The van der Waals surface area contributed by atoms with Crippen LogP contribution < -0.4 is 5.73 Å². The zero-order chi connectivity index (χ0) is 12.3. The average molecular weight is 228 g/mol. The van der Waals surface area contributed by atoms with Crippen molar-refractivity contribution in [2.24, 2.45) is 5.73 Å². The van der Waals surface area contributed by atoms with Crippen molar-refractivity contribution >= 4 is 5.91 Å². The molecule has 0 fully saturated rings. The molecular weight excluding hydrogens is 214 g/mol. The first-order chi connectivity index (χ1) is 7.41. The van der Waals surface area contributed by atoms with Gasteiger partial charge in [0.15, 0.2) is 0 Å². The monoisotopic (exact) mass is 228 g/mol. The zero-order valence-corrected chi connectivity index (χ0v) is 9.21. The molecule has 0 saturated carbocycles. The molecule has 1 atom stereocenters. The van der Waals surface area contributed by atoms with Crippen LogP contribution in [0.1, 0.15) is 12.5 Å². The SMILES string of the molecule is CC(C(N)=O)N(C)Cc1ccc(F)cc1F. The maximum absolute atomic E-state index is 13.3. The summed E-state index contributed by atoms with van der Waals surface area (Å²) in [7, 11) is 1.65. The minimum Gasteiger partial charge on any atom is -0.368 e. The van der Waals surface area contributed by atoms with Gasteiger partial charge in [-0.05, 0) is 20.0 Å². The van der Waals surface area contributed by atoms with Gasteiger partial charge in [-0.1, -0.05) is 6.07 Å². The minimum absolute atomic E-state index is 0.205. The van der Waals surface area contributed by atoms with Gasteiger partial charge in [-0.3, -0.25) is 9.69 Å². The summed E-state index contributed by atoms with van der Waals surface area (Å²) in [5.41, 5.74) is 5.45.